The molecule has 0 amide bonds. The van der Waals surface area contributed by atoms with E-state index in [0.29, 0.717) is 0 Å². The first-order valence-electron chi connectivity index (χ1n) is 4.42. The molecule has 0 aromatic carbocycles. The minimum absolute atomic E-state index is 0.269. The first-order valence-corrected chi connectivity index (χ1v) is 4.95. The van der Waals surface area contributed by atoms with Gasteiger partial charge in [0.15, 0.2) is 0 Å². The highest BCUT2D eigenvalue weighted by Gasteiger charge is 1.97. The van der Waals surface area contributed by atoms with Crippen LogP contribution in [0.3, 0.4) is 0 Å². The highest BCUT2D eigenvalue weighted by molar-refractivity contribution is 6.18. The summed E-state index contributed by atoms with van der Waals surface area (Å²) in [6.07, 6.45) is 2.90. The molecule has 4 nitrogen and oxygen atoms in total. The summed E-state index contributed by atoms with van der Waals surface area (Å²) >= 11 is 5.35. The molecule has 0 saturated heterocycles. The second-order valence-corrected chi connectivity index (χ2v) is 3.41. The number of nitrogens with zero attached hydrogens (tertiary/aromatic N) is 2. The fourth-order valence-corrected chi connectivity index (χ4v) is 1.00. The van der Waals surface area contributed by atoms with E-state index in [2.05, 4.69) is 4.98 Å². The third-order valence-corrected chi connectivity index (χ3v) is 1.63. The Morgan fingerprint density at radius 2 is 2.00 bits per heavy atom. The SMILES string of the molecule is CN(C)CCCl.O=C(O)c1ccncc1. The number of rotatable bonds is 3. The van der Waals surface area contributed by atoms with Gasteiger partial charge in [0.2, 0.25) is 0 Å². The molecule has 0 aliphatic heterocycles. The quantitative estimate of drug-likeness (QED) is 0.801. The van der Waals surface area contributed by atoms with Crippen LogP contribution in [0.15, 0.2) is 24.5 Å². The number of hydrogen-bond donors (Lipinski definition) is 1. The first-order chi connectivity index (χ1) is 7.07. The molecule has 0 fully saturated rings. The number of carbonyl (C=O) groups is 1. The summed E-state index contributed by atoms with van der Waals surface area (Å²) in [6.45, 7) is 0.974. The molecular weight excluding hydrogens is 216 g/mol. The minimum atomic E-state index is -0.919. The molecule has 0 radical (unpaired) electrons. The van der Waals surface area contributed by atoms with Gasteiger partial charge in [0.05, 0.1) is 5.56 Å². The van der Waals surface area contributed by atoms with Crippen molar-refractivity contribution < 1.29 is 9.90 Å². The van der Waals surface area contributed by atoms with Crippen molar-refractivity contribution in [3.05, 3.63) is 30.1 Å². The van der Waals surface area contributed by atoms with E-state index in [-0.39, 0.29) is 5.56 Å². The molecular formula is C10H15ClN2O2. The summed E-state index contributed by atoms with van der Waals surface area (Å²) < 4.78 is 0. The Bertz CT molecular complexity index is 278. The van der Waals surface area contributed by atoms with E-state index in [1.54, 1.807) is 0 Å². The summed E-state index contributed by atoms with van der Waals surface area (Å²) in [5, 5.41) is 8.36. The molecule has 1 N–H and O–H groups in total. The molecule has 1 rings (SSSR count). The van der Waals surface area contributed by atoms with Crippen LogP contribution in [0.5, 0.6) is 0 Å². The number of aromatic carboxylic acids is 1. The Balaban J connectivity index is 0.000000288. The van der Waals surface area contributed by atoms with E-state index in [0.717, 1.165) is 12.4 Å². The number of halogens is 1. The van der Waals surface area contributed by atoms with Gasteiger partial charge in [0.25, 0.3) is 0 Å². The number of carboxylic acids is 1. The Labute approximate surface area is 94.5 Å². The Hall–Kier alpha value is -1.13. The third kappa shape index (κ3) is 7.90. The maximum absolute atomic E-state index is 10.2. The van der Waals surface area contributed by atoms with Gasteiger partial charge in [0.1, 0.15) is 0 Å². The number of alkyl halides is 1. The lowest BCUT2D eigenvalue weighted by Gasteiger charge is -2.02. The molecule has 84 valence electrons. The standard InChI is InChI=1S/C6H5NO2.C4H10ClN/c8-6(9)5-1-3-7-4-2-5;1-6(2)4-3-5/h1-4H,(H,8,9);3-4H2,1-2H3. The molecule has 0 spiro atoms. The smallest absolute Gasteiger partial charge is 0.335 e. The van der Waals surface area contributed by atoms with Crippen LogP contribution in [0.2, 0.25) is 0 Å². The Morgan fingerprint density at radius 1 is 1.47 bits per heavy atom. The van der Waals surface area contributed by atoms with Crippen molar-refractivity contribution in [2.75, 3.05) is 26.5 Å². The van der Waals surface area contributed by atoms with Crippen LogP contribution in [-0.2, 0) is 0 Å². The van der Waals surface area contributed by atoms with Crippen molar-refractivity contribution in [2.24, 2.45) is 0 Å². The number of pyridine rings is 1. The van der Waals surface area contributed by atoms with Gasteiger partial charge in [-0.25, -0.2) is 4.79 Å². The fraction of sp³-hybridized carbons (Fsp3) is 0.400. The normalized spacial score (nSPS) is 9.33. The number of hydrogen-bond acceptors (Lipinski definition) is 3. The van der Waals surface area contributed by atoms with Crippen LogP contribution in [-0.4, -0.2) is 47.5 Å². The zero-order valence-corrected chi connectivity index (χ0v) is 9.61. The zero-order valence-electron chi connectivity index (χ0n) is 8.85. The van der Waals surface area contributed by atoms with Crippen LogP contribution in [0, 0.1) is 0 Å². The van der Waals surface area contributed by atoms with E-state index >= 15 is 0 Å². The van der Waals surface area contributed by atoms with E-state index in [1.807, 2.05) is 19.0 Å². The Kier molecular flexibility index (Phi) is 7.58. The molecule has 15 heavy (non-hydrogen) atoms. The van der Waals surface area contributed by atoms with Crippen LogP contribution in [0.4, 0.5) is 0 Å². The monoisotopic (exact) mass is 230 g/mol. The van der Waals surface area contributed by atoms with Crippen LogP contribution < -0.4 is 0 Å². The van der Waals surface area contributed by atoms with Crippen LogP contribution in [0.1, 0.15) is 10.4 Å². The van der Waals surface area contributed by atoms with Gasteiger partial charge < -0.3 is 10.0 Å². The molecule has 0 saturated carbocycles. The van der Waals surface area contributed by atoms with Crippen molar-refractivity contribution >= 4 is 17.6 Å². The molecule has 0 unspecified atom stereocenters. The maximum atomic E-state index is 10.2. The van der Waals surface area contributed by atoms with Gasteiger partial charge in [0, 0.05) is 24.8 Å². The summed E-state index contributed by atoms with van der Waals surface area (Å²) in [6, 6.07) is 2.89. The van der Waals surface area contributed by atoms with Crippen molar-refractivity contribution in [1.29, 1.82) is 0 Å². The molecule has 0 bridgehead atoms. The summed E-state index contributed by atoms with van der Waals surface area (Å²) in [5.41, 5.74) is 0.269. The average Bonchev–Trinajstić information content (AvgIpc) is 2.20. The highest BCUT2D eigenvalue weighted by Crippen LogP contribution is 1.93. The fourth-order valence-electron chi connectivity index (χ4n) is 0.664. The molecule has 5 heteroatoms. The predicted octanol–water partition coefficient (Wildman–Crippen LogP) is 1.57. The predicted molar refractivity (Wildman–Crippen MR) is 60.5 cm³/mol. The van der Waals surface area contributed by atoms with Gasteiger partial charge in [-0.2, -0.15) is 0 Å². The molecule has 0 atom stereocenters. The largest absolute Gasteiger partial charge is 0.478 e. The second kappa shape index (κ2) is 8.20. The lowest BCUT2D eigenvalue weighted by Crippen LogP contribution is -2.13. The lowest BCUT2D eigenvalue weighted by molar-refractivity contribution is 0.0697. The van der Waals surface area contributed by atoms with E-state index in [9.17, 15) is 4.79 Å². The summed E-state index contributed by atoms with van der Waals surface area (Å²) in [5.74, 6) is -0.190. The van der Waals surface area contributed by atoms with Crippen LogP contribution in [0.25, 0.3) is 0 Å². The van der Waals surface area contributed by atoms with Crippen LogP contribution >= 0.6 is 11.6 Å². The van der Waals surface area contributed by atoms with E-state index < -0.39 is 5.97 Å². The van der Waals surface area contributed by atoms with Crippen molar-refractivity contribution in [3.63, 3.8) is 0 Å². The molecule has 1 aromatic rings. The van der Waals surface area contributed by atoms with E-state index in [4.69, 9.17) is 16.7 Å². The topological polar surface area (TPSA) is 53.4 Å². The average molecular weight is 231 g/mol. The van der Waals surface area contributed by atoms with Gasteiger partial charge in [-0.05, 0) is 26.2 Å². The number of aromatic nitrogens is 1. The van der Waals surface area contributed by atoms with Crippen molar-refractivity contribution in [1.82, 2.24) is 9.88 Å². The van der Waals surface area contributed by atoms with Gasteiger partial charge in [-0.3, -0.25) is 4.98 Å². The Morgan fingerprint density at radius 3 is 2.20 bits per heavy atom. The number of carboxylic acid groups (broad SMARTS) is 1. The molecule has 1 heterocycles. The second-order valence-electron chi connectivity index (χ2n) is 3.03. The molecule has 0 aliphatic rings. The minimum Gasteiger partial charge on any atom is -0.478 e. The van der Waals surface area contributed by atoms with E-state index in [1.165, 1.54) is 24.5 Å². The molecule has 1 aromatic heterocycles. The lowest BCUT2D eigenvalue weighted by atomic mass is 10.3. The maximum Gasteiger partial charge on any atom is 0.335 e. The van der Waals surface area contributed by atoms with Crippen molar-refractivity contribution in [2.45, 2.75) is 0 Å². The highest BCUT2D eigenvalue weighted by atomic mass is 35.5. The summed E-state index contributed by atoms with van der Waals surface area (Å²) in [7, 11) is 4.00. The van der Waals surface area contributed by atoms with Gasteiger partial charge >= 0.3 is 5.97 Å². The first kappa shape index (κ1) is 13.9. The zero-order chi connectivity index (χ0) is 11.7. The third-order valence-electron chi connectivity index (χ3n) is 1.46. The van der Waals surface area contributed by atoms with Crippen molar-refractivity contribution in [3.8, 4) is 0 Å². The van der Waals surface area contributed by atoms with Gasteiger partial charge in [-0.15, -0.1) is 11.6 Å². The summed E-state index contributed by atoms with van der Waals surface area (Å²) in [4.78, 5) is 15.9. The molecule has 0 aliphatic carbocycles. The van der Waals surface area contributed by atoms with Gasteiger partial charge in [-0.1, -0.05) is 0 Å².